The van der Waals surface area contributed by atoms with Crippen molar-refractivity contribution in [1.82, 2.24) is 5.06 Å². The number of rotatable bonds is 1. The Morgan fingerprint density at radius 1 is 1.46 bits per heavy atom. The van der Waals surface area contributed by atoms with Crippen molar-refractivity contribution in [2.24, 2.45) is 0 Å². The number of nitrogens with zero attached hydrogens (tertiary/aromatic N) is 1. The summed E-state index contributed by atoms with van der Waals surface area (Å²) in [5, 5.41) is 11.7. The van der Waals surface area contributed by atoms with Crippen LogP contribution in [0.2, 0.25) is 0 Å². The molecule has 2 N–H and O–H groups in total. The molecule has 1 aromatic rings. The van der Waals surface area contributed by atoms with Crippen molar-refractivity contribution >= 4 is 27.6 Å². The highest BCUT2D eigenvalue weighted by Crippen LogP contribution is 2.14. The minimum atomic E-state index is -0.567. The molecule has 0 spiro atoms. The lowest BCUT2D eigenvalue weighted by Crippen LogP contribution is -2.27. The van der Waals surface area contributed by atoms with E-state index < -0.39 is 6.03 Å². The maximum Gasteiger partial charge on any atom is 0.345 e. The number of urea groups is 1. The van der Waals surface area contributed by atoms with Gasteiger partial charge in [0.25, 0.3) is 0 Å². The molecule has 0 saturated carbocycles. The summed E-state index contributed by atoms with van der Waals surface area (Å²) in [4.78, 5) is 11.0. The van der Waals surface area contributed by atoms with Crippen LogP contribution in [0.4, 0.5) is 10.5 Å². The van der Waals surface area contributed by atoms with Crippen LogP contribution in [0, 0.1) is 0 Å². The Hall–Kier alpha value is -1.07. The van der Waals surface area contributed by atoms with E-state index in [-0.39, 0.29) is 0 Å². The average Bonchev–Trinajstić information content (AvgIpc) is 2.08. The highest BCUT2D eigenvalue weighted by atomic mass is 79.9. The van der Waals surface area contributed by atoms with Crippen molar-refractivity contribution < 1.29 is 10.0 Å². The first-order valence-electron chi connectivity index (χ1n) is 3.59. The molecule has 13 heavy (non-hydrogen) atoms. The third-order valence-corrected chi connectivity index (χ3v) is 1.92. The summed E-state index contributed by atoms with van der Waals surface area (Å²) in [7, 11) is 1.26. The lowest BCUT2D eigenvalue weighted by molar-refractivity contribution is -0.0118. The molecular formula is C8H9BrN2O2. The predicted octanol–water partition coefficient (Wildman–Crippen LogP) is 2.30. The van der Waals surface area contributed by atoms with Gasteiger partial charge in [-0.25, -0.2) is 9.86 Å². The predicted molar refractivity (Wildman–Crippen MR) is 52.7 cm³/mol. The molecule has 1 aromatic carbocycles. The molecule has 2 amide bonds. The lowest BCUT2D eigenvalue weighted by atomic mass is 10.3. The molecule has 0 aliphatic rings. The Labute approximate surface area is 84.2 Å². The van der Waals surface area contributed by atoms with E-state index in [1.807, 2.05) is 0 Å². The van der Waals surface area contributed by atoms with Crippen LogP contribution >= 0.6 is 15.9 Å². The van der Waals surface area contributed by atoms with Gasteiger partial charge in [-0.2, -0.15) is 0 Å². The van der Waals surface area contributed by atoms with Gasteiger partial charge in [-0.1, -0.05) is 15.9 Å². The number of nitrogens with one attached hydrogen (secondary N) is 1. The van der Waals surface area contributed by atoms with E-state index in [9.17, 15) is 4.79 Å². The molecule has 0 atom stereocenters. The molecule has 0 radical (unpaired) electrons. The van der Waals surface area contributed by atoms with Crippen molar-refractivity contribution in [2.75, 3.05) is 12.4 Å². The van der Waals surface area contributed by atoms with E-state index in [0.29, 0.717) is 10.8 Å². The average molecular weight is 245 g/mol. The van der Waals surface area contributed by atoms with Crippen LogP contribution in [-0.4, -0.2) is 23.3 Å². The number of carbonyl (C=O) groups excluding carboxylic acids is 1. The van der Waals surface area contributed by atoms with Gasteiger partial charge in [0.2, 0.25) is 0 Å². The van der Waals surface area contributed by atoms with Crippen LogP contribution in [0.5, 0.6) is 0 Å². The summed E-state index contributed by atoms with van der Waals surface area (Å²) >= 11 is 3.27. The van der Waals surface area contributed by atoms with Gasteiger partial charge in [0, 0.05) is 17.2 Å². The van der Waals surface area contributed by atoms with E-state index in [1.54, 1.807) is 24.3 Å². The van der Waals surface area contributed by atoms with Crippen LogP contribution in [0.3, 0.4) is 0 Å². The topological polar surface area (TPSA) is 52.6 Å². The second kappa shape index (κ2) is 4.25. The van der Waals surface area contributed by atoms with Crippen molar-refractivity contribution in [2.45, 2.75) is 0 Å². The number of hydrogen-bond donors (Lipinski definition) is 2. The number of halogens is 1. The Morgan fingerprint density at radius 3 is 2.46 bits per heavy atom. The molecule has 0 fully saturated rings. The summed E-state index contributed by atoms with van der Waals surface area (Å²) in [6.45, 7) is 0. The number of amides is 2. The van der Waals surface area contributed by atoms with Crippen molar-refractivity contribution in [3.63, 3.8) is 0 Å². The zero-order chi connectivity index (χ0) is 9.84. The monoisotopic (exact) mass is 244 g/mol. The normalized spacial score (nSPS) is 9.46. The first-order valence-corrected chi connectivity index (χ1v) is 4.38. The maximum absolute atomic E-state index is 11.0. The molecule has 0 aliphatic carbocycles. The van der Waals surface area contributed by atoms with Gasteiger partial charge < -0.3 is 5.32 Å². The van der Waals surface area contributed by atoms with Gasteiger partial charge in [-0.3, -0.25) is 5.21 Å². The van der Waals surface area contributed by atoms with Crippen molar-refractivity contribution in [3.8, 4) is 0 Å². The number of hydroxylamine groups is 2. The summed E-state index contributed by atoms with van der Waals surface area (Å²) in [6, 6.07) is 6.49. The van der Waals surface area contributed by atoms with Crippen LogP contribution in [0.1, 0.15) is 0 Å². The van der Waals surface area contributed by atoms with Crippen LogP contribution in [-0.2, 0) is 0 Å². The highest BCUT2D eigenvalue weighted by Gasteiger charge is 2.04. The van der Waals surface area contributed by atoms with Gasteiger partial charge in [0.15, 0.2) is 0 Å². The smallest absolute Gasteiger partial charge is 0.306 e. The molecule has 0 aromatic heterocycles. The van der Waals surface area contributed by atoms with Crippen molar-refractivity contribution in [3.05, 3.63) is 28.7 Å². The summed E-state index contributed by atoms with van der Waals surface area (Å²) in [5.74, 6) is 0. The van der Waals surface area contributed by atoms with Gasteiger partial charge in [0.05, 0.1) is 0 Å². The minimum Gasteiger partial charge on any atom is -0.306 e. The Bertz CT molecular complexity index is 298. The second-order valence-corrected chi connectivity index (χ2v) is 3.38. The number of hydrogen-bond acceptors (Lipinski definition) is 2. The molecule has 0 aliphatic heterocycles. The largest absolute Gasteiger partial charge is 0.345 e. The molecule has 0 bridgehead atoms. The summed E-state index contributed by atoms with van der Waals surface area (Å²) in [5.41, 5.74) is 0.633. The van der Waals surface area contributed by atoms with Gasteiger partial charge in [-0.05, 0) is 24.3 Å². The van der Waals surface area contributed by atoms with Crippen molar-refractivity contribution in [1.29, 1.82) is 0 Å². The molecule has 70 valence electrons. The quantitative estimate of drug-likeness (QED) is 0.589. The maximum atomic E-state index is 11.0. The molecule has 4 nitrogen and oxygen atoms in total. The fraction of sp³-hybridized carbons (Fsp3) is 0.125. The summed E-state index contributed by atoms with van der Waals surface area (Å²) < 4.78 is 0.933. The lowest BCUT2D eigenvalue weighted by Gasteiger charge is -2.09. The molecule has 0 unspecified atom stereocenters. The van der Waals surface area contributed by atoms with E-state index in [2.05, 4.69) is 21.2 Å². The third-order valence-electron chi connectivity index (χ3n) is 1.39. The fourth-order valence-electron chi connectivity index (χ4n) is 0.738. The van der Waals surface area contributed by atoms with E-state index in [1.165, 1.54) is 7.05 Å². The number of carbonyl (C=O) groups is 1. The van der Waals surface area contributed by atoms with Gasteiger partial charge >= 0.3 is 6.03 Å². The van der Waals surface area contributed by atoms with Gasteiger partial charge in [-0.15, -0.1) is 0 Å². The third kappa shape index (κ3) is 3.04. The zero-order valence-electron chi connectivity index (χ0n) is 6.99. The van der Waals surface area contributed by atoms with Gasteiger partial charge in [0.1, 0.15) is 0 Å². The first-order chi connectivity index (χ1) is 6.09. The Morgan fingerprint density at radius 2 is 2.00 bits per heavy atom. The Balaban J connectivity index is 2.65. The number of anilines is 1. The molecule has 0 saturated heterocycles. The molecule has 1 rings (SSSR count). The minimum absolute atomic E-state index is 0.488. The summed E-state index contributed by atoms with van der Waals surface area (Å²) in [6.07, 6.45) is 0. The molecule has 5 heteroatoms. The van der Waals surface area contributed by atoms with Crippen LogP contribution in [0.15, 0.2) is 28.7 Å². The number of benzene rings is 1. The van der Waals surface area contributed by atoms with Crippen LogP contribution < -0.4 is 5.32 Å². The van der Waals surface area contributed by atoms with E-state index >= 15 is 0 Å². The first kappa shape index (κ1) is 10.0. The molecular weight excluding hydrogens is 236 g/mol. The zero-order valence-corrected chi connectivity index (χ0v) is 8.58. The fourth-order valence-corrected chi connectivity index (χ4v) is 1.00. The highest BCUT2D eigenvalue weighted by molar-refractivity contribution is 9.10. The Kier molecular flexibility index (Phi) is 3.27. The van der Waals surface area contributed by atoms with E-state index in [4.69, 9.17) is 5.21 Å². The van der Waals surface area contributed by atoms with E-state index in [0.717, 1.165) is 4.47 Å². The molecule has 0 heterocycles. The second-order valence-electron chi connectivity index (χ2n) is 2.46. The van der Waals surface area contributed by atoms with Crippen LogP contribution in [0.25, 0.3) is 0 Å². The SMILES string of the molecule is CN(O)C(=O)Nc1ccc(Br)cc1. The standard InChI is InChI=1S/C8H9BrN2O2/c1-11(13)8(12)10-7-4-2-6(9)3-5-7/h2-5,13H,1H3,(H,10,12).